The van der Waals surface area contributed by atoms with Crippen LogP contribution in [0.1, 0.15) is 68.7 Å². The second kappa shape index (κ2) is 11.3. The fourth-order valence-electron chi connectivity index (χ4n) is 5.87. The van der Waals surface area contributed by atoms with Crippen molar-refractivity contribution in [2.45, 2.75) is 69.9 Å². The normalized spacial score (nSPS) is 23.8. The summed E-state index contributed by atoms with van der Waals surface area (Å²) >= 11 is 3.61. The molecular weight excluding hydrogens is 549 g/mol. The number of halogens is 3. The van der Waals surface area contributed by atoms with Crippen LogP contribution >= 0.6 is 40.7 Å². The zero-order valence-electron chi connectivity index (χ0n) is 20.7. The number of hydrogen-bond acceptors (Lipinski definition) is 5. The summed E-state index contributed by atoms with van der Waals surface area (Å²) in [5, 5.41) is 3.75. The first-order chi connectivity index (χ1) is 15.8. The van der Waals surface area contributed by atoms with Crippen LogP contribution < -0.4 is 10.2 Å². The standard InChI is InChI=1S/C26H34BrN5O.2ClH/c1-17-7-8-20-22(17)24(29-16-28-20)31-11-13-32(14-12-31)25(33)23(18-5-4-6-19(27)15-18)21-9-10-26(2,3)30-21;;/h4-6,15-17,21,23,30H,7-14H2,1-3H3;2*1H/t17-,21+,23+;;/m1../s1. The van der Waals surface area contributed by atoms with E-state index in [-0.39, 0.29) is 48.2 Å². The topological polar surface area (TPSA) is 61.4 Å². The van der Waals surface area contributed by atoms with Gasteiger partial charge in [-0.15, -0.1) is 24.8 Å². The molecule has 2 aliphatic heterocycles. The van der Waals surface area contributed by atoms with Crippen LogP contribution in [0.4, 0.5) is 5.82 Å². The van der Waals surface area contributed by atoms with Gasteiger partial charge in [-0.25, -0.2) is 9.97 Å². The minimum Gasteiger partial charge on any atom is -0.353 e. The van der Waals surface area contributed by atoms with Crippen LogP contribution in [-0.2, 0) is 11.2 Å². The molecule has 3 aliphatic rings. The van der Waals surface area contributed by atoms with E-state index in [1.165, 1.54) is 11.3 Å². The lowest BCUT2D eigenvalue weighted by atomic mass is 9.89. The number of hydrogen-bond donors (Lipinski definition) is 1. The molecule has 3 atom stereocenters. The van der Waals surface area contributed by atoms with Crippen molar-refractivity contribution in [3.8, 4) is 0 Å². The minimum atomic E-state index is -0.167. The number of amides is 1. The van der Waals surface area contributed by atoms with Crippen molar-refractivity contribution in [2.24, 2.45) is 0 Å². The number of nitrogens with zero attached hydrogens (tertiary/aromatic N) is 4. The Labute approximate surface area is 229 Å². The van der Waals surface area contributed by atoms with E-state index in [0.29, 0.717) is 5.92 Å². The summed E-state index contributed by atoms with van der Waals surface area (Å²) < 4.78 is 1.02. The predicted octanol–water partition coefficient (Wildman–Crippen LogP) is 5.10. The van der Waals surface area contributed by atoms with E-state index in [1.54, 1.807) is 6.33 Å². The van der Waals surface area contributed by atoms with Gasteiger partial charge < -0.3 is 15.1 Å². The van der Waals surface area contributed by atoms with Crippen LogP contribution in [0.5, 0.6) is 0 Å². The number of nitrogens with one attached hydrogen (secondary N) is 1. The fourth-order valence-corrected chi connectivity index (χ4v) is 6.29. The summed E-state index contributed by atoms with van der Waals surface area (Å²) in [5.41, 5.74) is 3.68. The van der Waals surface area contributed by atoms with E-state index < -0.39 is 0 Å². The largest absolute Gasteiger partial charge is 0.353 e. The Morgan fingerprint density at radius 2 is 1.89 bits per heavy atom. The highest BCUT2D eigenvalue weighted by Crippen LogP contribution is 2.38. The van der Waals surface area contributed by atoms with Crippen molar-refractivity contribution in [3.63, 3.8) is 0 Å². The molecule has 1 N–H and O–H groups in total. The summed E-state index contributed by atoms with van der Waals surface area (Å²) in [5.74, 6) is 1.66. The first kappa shape index (κ1) is 28.2. The zero-order valence-corrected chi connectivity index (χ0v) is 23.9. The van der Waals surface area contributed by atoms with E-state index in [2.05, 4.69) is 73.9 Å². The zero-order chi connectivity index (χ0) is 23.2. The number of aromatic nitrogens is 2. The Balaban J connectivity index is 0.00000171. The molecule has 0 bridgehead atoms. The smallest absolute Gasteiger partial charge is 0.231 e. The van der Waals surface area contributed by atoms with E-state index in [9.17, 15) is 4.79 Å². The fraction of sp³-hybridized carbons (Fsp3) is 0.577. The molecule has 35 heavy (non-hydrogen) atoms. The van der Waals surface area contributed by atoms with E-state index in [1.807, 2.05) is 12.1 Å². The predicted molar refractivity (Wildman–Crippen MR) is 149 cm³/mol. The average Bonchev–Trinajstić information content (AvgIpc) is 3.36. The van der Waals surface area contributed by atoms with Crippen LogP contribution in [0, 0.1) is 0 Å². The maximum Gasteiger partial charge on any atom is 0.231 e. The Bertz CT molecular complexity index is 1040. The molecule has 1 aromatic heterocycles. The van der Waals surface area contributed by atoms with Gasteiger partial charge in [0.05, 0.1) is 5.92 Å². The molecule has 0 unspecified atom stereocenters. The van der Waals surface area contributed by atoms with Gasteiger partial charge in [-0.05, 0) is 63.1 Å². The highest BCUT2D eigenvalue weighted by molar-refractivity contribution is 9.10. The van der Waals surface area contributed by atoms with Crippen molar-refractivity contribution < 1.29 is 4.79 Å². The lowest BCUT2D eigenvalue weighted by Gasteiger charge is -2.39. The van der Waals surface area contributed by atoms with Gasteiger partial charge in [0.25, 0.3) is 0 Å². The monoisotopic (exact) mass is 583 g/mol. The molecule has 0 radical (unpaired) electrons. The number of benzene rings is 1. The number of anilines is 1. The molecule has 1 aromatic carbocycles. The molecule has 3 heterocycles. The van der Waals surface area contributed by atoms with Crippen molar-refractivity contribution in [1.29, 1.82) is 0 Å². The van der Waals surface area contributed by atoms with Crippen molar-refractivity contribution in [1.82, 2.24) is 20.2 Å². The molecule has 0 saturated carbocycles. The third-order valence-corrected chi connectivity index (χ3v) is 8.17. The molecule has 2 saturated heterocycles. The van der Waals surface area contributed by atoms with E-state index in [0.717, 1.165) is 67.7 Å². The quantitative estimate of drug-likeness (QED) is 0.542. The van der Waals surface area contributed by atoms with Gasteiger partial charge in [0, 0.05) is 53.5 Å². The molecule has 5 rings (SSSR count). The Kier molecular flexibility index (Phi) is 9.11. The molecule has 6 nitrogen and oxygen atoms in total. The second-order valence-corrected chi connectivity index (χ2v) is 11.4. The summed E-state index contributed by atoms with van der Waals surface area (Å²) in [7, 11) is 0. The number of carbonyl (C=O) groups is 1. The van der Waals surface area contributed by atoms with Gasteiger partial charge in [0.15, 0.2) is 0 Å². The Morgan fingerprint density at radius 1 is 1.14 bits per heavy atom. The van der Waals surface area contributed by atoms with Crippen molar-refractivity contribution >= 4 is 52.5 Å². The maximum atomic E-state index is 13.9. The molecular formula is C26H36BrCl2N5O. The van der Waals surface area contributed by atoms with E-state index >= 15 is 0 Å². The molecule has 2 fully saturated rings. The van der Waals surface area contributed by atoms with Gasteiger partial charge in [0.1, 0.15) is 12.1 Å². The summed E-state index contributed by atoms with van der Waals surface area (Å²) in [6.45, 7) is 9.83. The van der Waals surface area contributed by atoms with Crippen LogP contribution in [0.15, 0.2) is 35.1 Å². The third-order valence-electron chi connectivity index (χ3n) is 7.68. The third kappa shape index (κ3) is 5.79. The molecule has 1 amide bonds. The highest BCUT2D eigenvalue weighted by atomic mass is 79.9. The molecule has 2 aromatic rings. The minimum absolute atomic E-state index is 0. The molecule has 1 aliphatic carbocycles. The Morgan fingerprint density at radius 3 is 2.54 bits per heavy atom. The summed E-state index contributed by atoms with van der Waals surface area (Å²) in [6, 6.07) is 8.43. The highest BCUT2D eigenvalue weighted by Gasteiger charge is 2.41. The lowest BCUT2D eigenvalue weighted by molar-refractivity contribution is -0.133. The molecule has 192 valence electrons. The van der Waals surface area contributed by atoms with Gasteiger partial charge in [-0.3, -0.25) is 4.79 Å². The number of aryl methyl sites for hydroxylation is 1. The van der Waals surface area contributed by atoms with Crippen LogP contribution in [0.3, 0.4) is 0 Å². The van der Waals surface area contributed by atoms with E-state index in [4.69, 9.17) is 0 Å². The summed E-state index contributed by atoms with van der Waals surface area (Å²) in [4.78, 5) is 27.5. The van der Waals surface area contributed by atoms with Crippen LogP contribution in [0.2, 0.25) is 0 Å². The van der Waals surface area contributed by atoms with Gasteiger partial charge in [-0.1, -0.05) is 35.0 Å². The molecule has 9 heteroatoms. The molecule has 0 spiro atoms. The SMILES string of the molecule is C[C@@H]1CCc2ncnc(N3CCN(C(=O)[C@@H](c4cccc(Br)c4)[C@@H]4CCC(C)(C)N4)CC3)c21.Cl.Cl. The van der Waals surface area contributed by atoms with Crippen molar-refractivity contribution in [3.05, 3.63) is 51.9 Å². The Hall–Kier alpha value is -1.41. The lowest BCUT2D eigenvalue weighted by Crippen LogP contribution is -2.53. The van der Waals surface area contributed by atoms with Crippen LogP contribution in [0.25, 0.3) is 0 Å². The first-order valence-corrected chi connectivity index (χ1v) is 13.0. The number of fused-ring (bicyclic) bond motifs is 1. The second-order valence-electron chi connectivity index (χ2n) is 10.5. The van der Waals surface area contributed by atoms with Gasteiger partial charge in [0.2, 0.25) is 5.91 Å². The summed E-state index contributed by atoms with van der Waals surface area (Å²) in [6.07, 6.45) is 6.00. The van der Waals surface area contributed by atoms with Crippen LogP contribution in [-0.4, -0.2) is 58.5 Å². The first-order valence-electron chi connectivity index (χ1n) is 12.2. The number of piperazine rings is 1. The van der Waals surface area contributed by atoms with Gasteiger partial charge >= 0.3 is 0 Å². The van der Waals surface area contributed by atoms with Gasteiger partial charge in [-0.2, -0.15) is 0 Å². The number of carbonyl (C=O) groups excluding carboxylic acids is 1. The number of rotatable bonds is 4. The maximum absolute atomic E-state index is 13.9. The van der Waals surface area contributed by atoms with Crippen molar-refractivity contribution in [2.75, 3.05) is 31.1 Å². The average molecular weight is 585 g/mol.